The molecule has 106 valence electrons. The average Bonchev–Trinajstić information content (AvgIpc) is 2.79. The summed E-state index contributed by atoms with van der Waals surface area (Å²) in [4.78, 5) is 18.1. The van der Waals surface area contributed by atoms with E-state index in [4.69, 9.17) is 0 Å². The summed E-state index contributed by atoms with van der Waals surface area (Å²) < 4.78 is 0. The van der Waals surface area contributed by atoms with Crippen LogP contribution in [0.5, 0.6) is 0 Å². The van der Waals surface area contributed by atoms with E-state index < -0.39 is 0 Å². The molecule has 4 nitrogen and oxygen atoms in total. The maximum atomic E-state index is 12.1. The number of hydrogen-bond donors (Lipinski definition) is 1. The van der Waals surface area contributed by atoms with Crippen molar-refractivity contribution in [2.45, 2.75) is 27.3 Å². The van der Waals surface area contributed by atoms with Crippen LogP contribution in [0.4, 0.5) is 10.5 Å². The molecule has 5 heteroatoms. The first-order valence-corrected chi connectivity index (χ1v) is 7.34. The monoisotopic (exact) mass is 289 g/mol. The number of thiazole rings is 1. The van der Waals surface area contributed by atoms with Gasteiger partial charge in [0.25, 0.3) is 0 Å². The fourth-order valence-electron chi connectivity index (χ4n) is 1.83. The number of aromatic nitrogens is 1. The number of amides is 2. The van der Waals surface area contributed by atoms with Crippen molar-refractivity contribution in [1.29, 1.82) is 0 Å². The van der Waals surface area contributed by atoms with E-state index in [1.54, 1.807) is 23.3 Å². The van der Waals surface area contributed by atoms with E-state index in [9.17, 15) is 4.79 Å². The number of rotatable bonds is 3. The summed E-state index contributed by atoms with van der Waals surface area (Å²) in [5, 5.41) is 5.90. The minimum atomic E-state index is -0.126. The first-order chi connectivity index (χ1) is 9.45. The quantitative estimate of drug-likeness (QED) is 0.935. The largest absolute Gasteiger partial charge is 0.322 e. The molecule has 0 bridgehead atoms. The fourth-order valence-corrected chi connectivity index (χ4v) is 2.44. The van der Waals surface area contributed by atoms with Crippen LogP contribution < -0.4 is 5.32 Å². The van der Waals surface area contributed by atoms with Crippen LogP contribution in [0, 0.1) is 20.8 Å². The first-order valence-electron chi connectivity index (χ1n) is 6.46. The van der Waals surface area contributed by atoms with Crippen LogP contribution in [0.1, 0.15) is 21.8 Å². The van der Waals surface area contributed by atoms with Crippen molar-refractivity contribution in [3.05, 3.63) is 45.4 Å². The number of urea groups is 1. The molecule has 0 unspecified atom stereocenters. The van der Waals surface area contributed by atoms with Gasteiger partial charge in [0.2, 0.25) is 0 Å². The maximum absolute atomic E-state index is 12.1. The Morgan fingerprint density at radius 2 is 2.05 bits per heavy atom. The van der Waals surface area contributed by atoms with Gasteiger partial charge >= 0.3 is 6.03 Å². The van der Waals surface area contributed by atoms with Crippen molar-refractivity contribution in [1.82, 2.24) is 9.88 Å². The lowest BCUT2D eigenvalue weighted by atomic mass is 10.1. The van der Waals surface area contributed by atoms with Crippen LogP contribution in [0.3, 0.4) is 0 Å². The maximum Gasteiger partial charge on any atom is 0.321 e. The summed E-state index contributed by atoms with van der Waals surface area (Å²) in [5.41, 5.74) is 4.12. The number of carbonyl (C=O) groups excluding carboxylic acids is 1. The van der Waals surface area contributed by atoms with E-state index in [1.165, 1.54) is 11.1 Å². The molecule has 1 aromatic heterocycles. The molecule has 0 atom stereocenters. The molecular formula is C15H19N3OS. The topological polar surface area (TPSA) is 45.2 Å². The van der Waals surface area contributed by atoms with Gasteiger partial charge in [-0.15, -0.1) is 11.3 Å². The van der Waals surface area contributed by atoms with Gasteiger partial charge in [0.15, 0.2) is 0 Å². The predicted molar refractivity (Wildman–Crippen MR) is 83.3 cm³/mol. The van der Waals surface area contributed by atoms with Gasteiger partial charge in [-0.05, 0) is 44.0 Å². The standard InChI is InChI=1S/C15H19N3OS/c1-10-5-6-13(7-11(10)2)17-15(19)18(4)8-14-9-20-12(3)16-14/h5-7,9H,8H2,1-4H3,(H,17,19). The smallest absolute Gasteiger partial charge is 0.321 e. The molecule has 2 amide bonds. The third kappa shape index (κ3) is 3.57. The van der Waals surface area contributed by atoms with Crippen LogP contribution in [-0.2, 0) is 6.54 Å². The molecule has 0 spiro atoms. The third-order valence-corrected chi connectivity index (χ3v) is 3.99. The number of carbonyl (C=O) groups is 1. The van der Waals surface area contributed by atoms with Crippen LogP contribution in [0.2, 0.25) is 0 Å². The van der Waals surface area contributed by atoms with Crippen LogP contribution >= 0.6 is 11.3 Å². The van der Waals surface area contributed by atoms with E-state index in [-0.39, 0.29) is 6.03 Å². The highest BCUT2D eigenvalue weighted by Crippen LogP contribution is 2.15. The Balaban J connectivity index is 1.98. The van der Waals surface area contributed by atoms with Crippen molar-refractivity contribution in [3.8, 4) is 0 Å². The zero-order chi connectivity index (χ0) is 14.7. The number of hydrogen-bond acceptors (Lipinski definition) is 3. The molecule has 0 fully saturated rings. The average molecular weight is 289 g/mol. The molecular weight excluding hydrogens is 270 g/mol. The molecule has 0 saturated carbocycles. The van der Waals surface area contributed by atoms with Crippen molar-refractivity contribution < 1.29 is 4.79 Å². The lowest BCUT2D eigenvalue weighted by Crippen LogP contribution is -2.31. The first kappa shape index (κ1) is 14.5. The Bertz CT molecular complexity index is 621. The Hall–Kier alpha value is -1.88. The molecule has 0 saturated heterocycles. The van der Waals surface area contributed by atoms with Crippen molar-refractivity contribution >= 4 is 23.1 Å². The van der Waals surface area contributed by atoms with Gasteiger partial charge in [0, 0.05) is 18.1 Å². The summed E-state index contributed by atoms with van der Waals surface area (Å²) >= 11 is 1.60. The highest BCUT2D eigenvalue weighted by Gasteiger charge is 2.11. The molecule has 0 aliphatic carbocycles. The van der Waals surface area contributed by atoms with Gasteiger partial charge < -0.3 is 10.2 Å². The summed E-state index contributed by atoms with van der Waals surface area (Å²) in [6.07, 6.45) is 0. The van der Waals surface area contributed by atoms with E-state index >= 15 is 0 Å². The zero-order valence-corrected chi connectivity index (χ0v) is 13.0. The van der Waals surface area contributed by atoms with Gasteiger partial charge in [0.05, 0.1) is 17.2 Å². The second-order valence-electron chi connectivity index (χ2n) is 4.94. The molecule has 0 aliphatic heterocycles. The second kappa shape index (κ2) is 6.05. The van der Waals surface area contributed by atoms with Crippen LogP contribution in [0.25, 0.3) is 0 Å². The van der Waals surface area contributed by atoms with Crippen molar-refractivity contribution in [3.63, 3.8) is 0 Å². The minimum absolute atomic E-state index is 0.126. The molecule has 2 aromatic rings. The van der Waals surface area contributed by atoms with E-state index in [1.807, 2.05) is 37.4 Å². The predicted octanol–water partition coefficient (Wildman–Crippen LogP) is 3.73. The second-order valence-corrected chi connectivity index (χ2v) is 6.01. The highest BCUT2D eigenvalue weighted by molar-refractivity contribution is 7.09. The summed E-state index contributed by atoms with van der Waals surface area (Å²) in [6.45, 7) is 6.56. The Labute approximate surface area is 123 Å². The Morgan fingerprint density at radius 3 is 2.65 bits per heavy atom. The number of aryl methyl sites for hydroxylation is 3. The normalized spacial score (nSPS) is 10.4. The van der Waals surface area contributed by atoms with Gasteiger partial charge in [-0.3, -0.25) is 0 Å². The van der Waals surface area contributed by atoms with Crippen LogP contribution in [-0.4, -0.2) is 23.0 Å². The summed E-state index contributed by atoms with van der Waals surface area (Å²) in [5.74, 6) is 0. The molecule has 20 heavy (non-hydrogen) atoms. The number of nitrogens with zero attached hydrogens (tertiary/aromatic N) is 2. The van der Waals surface area contributed by atoms with Gasteiger partial charge in [0.1, 0.15) is 0 Å². The zero-order valence-electron chi connectivity index (χ0n) is 12.2. The summed E-state index contributed by atoms with van der Waals surface area (Å²) in [7, 11) is 1.77. The van der Waals surface area contributed by atoms with Gasteiger partial charge in [-0.25, -0.2) is 9.78 Å². The molecule has 0 radical (unpaired) electrons. The third-order valence-electron chi connectivity index (χ3n) is 3.17. The molecule has 1 N–H and O–H groups in total. The molecule has 1 aromatic carbocycles. The summed E-state index contributed by atoms with van der Waals surface area (Å²) in [6, 6.07) is 5.78. The molecule has 0 aliphatic rings. The fraction of sp³-hybridized carbons (Fsp3) is 0.333. The van der Waals surface area contributed by atoms with Crippen molar-refractivity contribution in [2.75, 3.05) is 12.4 Å². The van der Waals surface area contributed by atoms with Gasteiger partial charge in [-0.2, -0.15) is 0 Å². The Kier molecular flexibility index (Phi) is 4.39. The number of anilines is 1. The SMILES string of the molecule is Cc1nc(CN(C)C(=O)Nc2ccc(C)c(C)c2)cs1. The minimum Gasteiger partial charge on any atom is -0.322 e. The lowest BCUT2D eigenvalue weighted by Gasteiger charge is -2.17. The molecule has 1 heterocycles. The number of nitrogens with one attached hydrogen (secondary N) is 1. The lowest BCUT2D eigenvalue weighted by molar-refractivity contribution is 0.220. The Morgan fingerprint density at radius 1 is 1.30 bits per heavy atom. The highest BCUT2D eigenvalue weighted by atomic mass is 32.1. The number of benzene rings is 1. The van der Waals surface area contributed by atoms with E-state index in [0.29, 0.717) is 6.54 Å². The van der Waals surface area contributed by atoms with E-state index in [0.717, 1.165) is 16.4 Å². The van der Waals surface area contributed by atoms with E-state index in [2.05, 4.69) is 17.2 Å². The van der Waals surface area contributed by atoms with Gasteiger partial charge in [-0.1, -0.05) is 6.07 Å². The molecule has 2 rings (SSSR count). The van der Waals surface area contributed by atoms with Crippen molar-refractivity contribution in [2.24, 2.45) is 0 Å². The van der Waals surface area contributed by atoms with Crippen LogP contribution in [0.15, 0.2) is 23.6 Å².